The molecule has 8 nitrogen and oxygen atoms in total. The number of nitrogens with zero attached hydrogens (tertiary/aromatic N) is 3. The van der Waals surface area contributed by atoms with E-state index < -0.39 is 0 Å². The van der Waals surface area contributed by atoms with Crippen molar-refractivity contribution < 1.29 is 19.3 Å². The van der Waals surface area contributed by atoms with Crippen LogP contribution in [0, 0.1) is 5.92 Å². The number of fused-ring (bicyclic) bond motifs is 1. The van der Waals surface area contributed by atoms with Gasteiger partial charge in [0.05, 0.1) is 45.9 Å². The molecule has 0 aliphatic rings. The number of aromatic nitrogens is 3. The molecule has 0 fully saturated rings. The van der Waals surface area contributed by atoms with E-state index in [4.69, 9.17) is 14.2 Å². The summed E-state index contributed by atoms with van der Waals surface area (Å²) in [5.74, 6) is 2.56. The van der Waals surface area contributed by atoms with Crippen LogP contribution in [0.5, 0.6) is 17.2 Å². The molecule has 0 radical (unpaired) electrons. The number of hydrogen-bond donors (Lipinski definition) is 2. The van der Waals surface area contributed by atoms with Crippen LogP contribution in [0.25, 0.3) is 16.9 Å². The van der Waals surface area contributed by atoms with Crippen LogP contribution in [0.2, 0.25) is 0 Å². The maximum absolute atomic E-state index is 9.58. The van der Waals surface area contributed by atoms with Gasteiger partial charge in [0.25, 0.3) is 0 Å². The zero-order valence-electron chi connectivity index (χ0n) is 16.8. The maximum atomic E-state index is 9.58. The molecule has 1 aromatic carbocycles. The van der Waals surface area contributed by atoms with Gasteiger partial charge in [-0.3, -0.25) is 0 Å². The SMILES string of the molecule is COc1cc(-c2cnc3ccc(NC(CO)C(C)C)nn23)cc(OC)c1OC. The largest absolute Gasteiger partial charge is 0.493 e. The topological polar surface area (TPSA) is 90.1 Å². The molecule has 0 spiro atoms. The summed E-state index contributed by atoms with van der Waals surface area (Å²) >= 11 is 0. The number of nitrogens with one attached hydrogen (secondary N) is 1. The van der Waals surface area contributed by atoms with E-state index in [0.717, 1.165) is 11.3 Å². The highest BCUT2D eigenvalue weighted by Crippen LogP contribution is 2.41. The Morgan fingerprint density at radius 3 is 2.29 bits per heavy atom. The van der Waals surface area contributed by atoms with Crippen molar-refractivity contribution in [3.05, 3.63) is 30.5 Å². The highest BCUT2D eigenvalue weighted by molar-refractivity contribution is 5.70. The van der Waals surface area contributed by atoms with Crippen LogP contribution >= 0.6 is 0 Å². The minimum atomic E-state index is -0.0851. The van der Waals surface area contributed by atoms with Gasteiger partial charge in [-0.25, -0.2) is 9.50 Å². The molecule has 0 bridgehead atoms. The van der Waals surface area contributed by atoms with Gasteiger partial charge < -0.3 is 24.6 Å². The van der Waals surface area contributed by atoms with Gasteiger partial charge in [-0.2, -0.15) is 0 Å². The Balaban J connectivity index is 2.07. The van der Waals surface area contributed by atoms with Crippen molar-refractivity contribution in [3.63, 3.8) is 0 Å². The predicted molar refractivity (Wildman–Crippen MR) is 107 cm³/mol. The number of imidazole rings is 1. The van der Waals surface area contributed by atoms with Crippen LogP contribution in [0.4, 0.5) is 5.82 Å². The number of hydrogen-bond acceptors (Lipinski definition) is 7. The van der Waals surface area contributed by atoms with E-state index in [1.807, 2.05) is 38.1 Å². The Labute approximate surface area is 164 Å². The number of ether oxygens (including phenoxy) is 3. The van der Waals surface area contributed by atoms with Crippen molar-refractivity contribution in [1.29, 1.82) is 0 Å². The number of rotatable bonds is 8. The number of aliphatic hydroxyl groups excluding tert-OH is 1. The fourth-order valence-electron chi connectivity index (χ4n) is 2.99. The molecule has 150 valence electrons. The lowest BCUT2D eigenvalue weighted by Gasteiger charge is -2.20. The lowest BCUT2D eigenvalue weighted by atomic mass is 10.1. The summed E-state index contributed by atoms with van der Waals surface area (Å²) in [6.07, 6.45) is 1.75. The van der Waals surface area contributed by atoms with E-state index in [2.05, 4.69) is 15.4 Å². The second-order valence-electron chi connectivity index (χ2n) is 6.72. The molecule has 2 aromatic heterocycles. The van der Waals surface area contributed by atoms with Gasteiger partial charge >= 0.3 is 0 Å². The van der Waals surface area contributed by atoms with E-state index in [-0.39, 0.29) is 18.6 Å². The Kier molecular flexibility index (Phi) is 5.89. The summed E-state index contributed by atoms with van der Waals surface area (Å²) in [6, 6.07) is 7.37. The highest BCUT2D eigenvalue weighted by atomic mass is 16.5. The summed E-state index contributed by atoms with van der Waals surface area (Å²) in [5, 5.41) is 17.5. The third kappa shape index (κ3) is 3.68. The first-order chi connectivity index (χ1) is 13.5. The van der Waals surface area contributed by atoms with Crippen LogP contribution in [-0.4, -0.2) is 53.7 Å². The minimum Gasteiger partial charge on any atom is -0.493 e. The number of aliphatic hydroxyl groups is 1. The van der Waals surface area contributed by atoms with Crippen molar-refractivity contribution >= 4 is 11.5 Å². The van der Waals surface area contributed by atoms with E-state index in [1.54, 1.807) is 32.0 Å². The highest BCUT2D eigenvalue weighted by Gasteiger charge is 2.18. The smallest absolute Gasteiger partial charge is 0.203 e. The van der Waals surface area contributed by atoms with Crippen molar-refractivity contribution in [2.75, 3.05) is 33.3 Å². The summed E-state index contributed by atoms with van der Waals surface area (Å²) in [7, 11) is 4.73. The Morgan fingerprint density at radius 1 is 1.07 bits per heavy atom. The average molecular weight is 386 g/mol. The lowest BCUT2D eigenvalue weighted by Crippen LogP contribution is -2.30. The molecule has 28 heavy (non-hydrogen) atoms. The summed E-state index contributed by atoms with van der Waals surface area (Å²) < 4.78 is 18.0. The van der Waals surface area contributed by atoms with Crippen molar-refractivity contribution in [2.24, 2.45) is 5.92 Å². The van der Waals surface area contributed by atoms with Gasteiger partial charge in [-0.1, -0.05) is 13.8 Å². The first-order valence-corrected chi connectivity index (χ1v) is 9.04. The Morgan fingerprint density at radius 2 is 1.75 bits per heavy atom. The van der Waals surface area contributed by atoms with Crippen molar-refractivity contribution in [2.45, 2.75) is 19.9 Å². The third-order valence-corrected chi connectivity index (χ3v) is 4.66. The van der Waals surface area contributed by atoms with E-state index in [1.165, 1.54) is 0 Å². The summed E-state index contributed by atoms with van der Waals surface area (Å²) in [6.45, 7) is 4.12. The van der Waals surface area contributed by atoms with Gasteiger partial charge in [0, 0.05) is 5.56 Å². The van der Waals surface area contributed by atoms with Crippen LogP contribution in [0.15, 0.2) is 30.5 Å². The molecule has 3 aromatic rings. The second-order valence-corrected chi connectivity index (χ2v) is 6.72. The Hall–Kier alpha value is -3.00. The number of methoxy groups -OCH3 is 3. The van der Waals surface area contributed by atoms with E-state index in [9.17, 15) is 5.11 Å². The number of anilines is 1. The number of benzene rings is 1. The molecule has 1 atom stereocenters. The zero-order chi connectivity index (χ0) is 20.3. The molecule has 0 aliphatic heterocycles. The van der Waals surface area contributed by atoms with Crippen molar-refractivity contribution in [1.82, 2.24) is 14.6 Å². The van der Waals surface area contributed by atoms with Crippen molar-refractivity contribution in [3.8, 4) is 28.5 Å². The summed E-state index contributed by atoms with van der Waals surface area (Å²) in [5.41, 5.74) is 2.32. The third-order valence-electron chi connectivity index (χ3n) is 4.66. The Bertz CT molecular complexity index is 930. The standard InChI is InChI=1S/C20H26N4O4/c1-12(2)14(11-25)22-18-6-7-19-21-10-15(24(19)23-18)13-8-16(26-3)20(28-5)17(9-13)27-4/h6-10,12,14,25H,11H2,1-5H3,(H,22,23). The van der Waals surface area contributed by atoms with E-state index in [0.29, 0.717) is 28.7 Å². The molecular formula is C20H26N4O4. The first-order valence-electron chi connectivity index (χ1n) is 9.04. The molecule has 2 heterocycles. The fourth-order valence-corrected chi connectivity index (χ4v) is 2.99. The van der Waals surface area contributed by atoms with Gasteiger partial charge in [-0.05, 0) is 30.2 Å². The quantitative estimate of drug-likeness (QED) is 0.615. The van der Waals surface area contributed by atoms with Gasteiger partial charge in [0.1, 0.15) is 5.82 Å². The van der Waals surface area contributed by atoms with Crippen LogP contribution in [0.1, 0.15) is 13.8 Å². The summed E-state index contributed by atoms with van der Waals surface area (Å²) in [4.78, 5) is 4.43. The molecule has 8 heteroatoms. The van der Waals surface area contributed by atoms with E-state index >= 15 is 0 Å². The maximum Gasteiger partial charge on any atom is 0.203 e. The van der Waals surface area contributed by atoms with Gasteiger partial charge in [0.15, 0.2) is 17.1 Å². The molecule has 0 saturated heterocycles. The average Bonchev–Trinajstić information content (AvgIpc) is 3.13. The molecule has 0 saturated carbocycles. The molecule has 1 unspecified atom stereocenters. The molecule has 0 aliphatic carbocycles. The van der Waals surface area contributed by atoms with Gasteiger partial charge in [-0.15, -0.1) is 5.10 Å². The first kappa shape index (κ1) is 19.8. The lowest BCUT2D eigenvalue weighted by molar-refractivity contribution is 0.249. The fraction of sp³-hybridized carbons (Fsp3) is 0.400. The van der Waals surface area contributed by atoms with Gasteiger partial charge in [0.2, 0.25) is 5.75 Å². The second kappa shape index (κ2) is 8.35. The van der Waals surface area contributed by atoms with Crippen LogP contribution in [0.3, 0.4) is 0 Å². The minimum absolute atomic E-state index is 0.0288. The molecular weight excluding hydrogens is 360 g/mol. The zero-order valence-corrected chi connectivity index (χ0v) is 16.8. The van der Waals surface area contributed by atoms with Crippen LogP contribution in [-0.2, 0) is 0 Å². The molecule has 3 rings (SSSR count). The monoisotopic (exact) mass is 386 g/mol. The van der Waals surface area contributed by atoms with Crippen LogP contribution < -0.4 is 19.5 Å². The predicted octanol–water partition coefficient (Wildman–Crippen LogP) is 2.85. The molecule has 0 amide bonds. The normalized spacial score (nSPS) is 12.2. The molecule has 2 N–H and O–H groups in total.